The lowest BCUT2D eigenvalue weighted by Crippen LogP contribution is -2.75. The normalized spacial score (nSPS) is 39.0. The molecule has 2 bridgehead atoms. The van der Waals surface area contributed by atoms with Gasteiger partial charge in [0.05, 0.1) is 12.5 Å². The molecule has 3 aliphatic carbocycles. The van der Waals surface area contributed by atoms with Gasteiger partial charge in [0.1, 0.15) is 5.60 Å². The van der Waals surface area contributed by atoms with Crippen molar-refractivity contribution in [3.63, 3.8) is 0 Å². The van der Waals surface area contributed by atoms with Crippen molar-refractivity contribution in [2.45, 2.75) is 55.3 Å². The van der Waals surface area contributed by atoms with E-state index in [-0.39, 0.29) is 11.8 Å². The predicted octanol–water partition coefficient (Wildman–Crippen LogP) is 1.99. The third-order valence-corrected chi connectivity index (χ3v) is 7.90. The standard InChI is InChI=1S/C22H25NO4/c1-26-16-6-5-14-11-17-22(25)8-7-15(24)20-21(22,18(14)19(16)27-20)9-10-23(17)12-13-3-2-4-13/h5-8,13,17,20,25H,2-4,9-12H2,1H3/t17-,20+,21+,22-/m1/s1. The lowest BCUT2D eigenvalue weighted by atomic mass is 9.50. The summed E-state index contributed by atoms with van der Waals surface area (Å²) in [6.45, 7) is 1.95. The van der Waals surface area contributed by atoms with Crippen molar-refractivity contribution in [3.8, 4) is 11.5 Å². The highest BCUT2D eigenvalue weighted by molar-refractivity contribution is 5.99. The molecule has 0 aromatic heterocycles. The number of methoxy groups -OCH3 is 1. The van der Waals surface area contributed by atoms with Gasteiger partial charge in [-0.15, -0.1) is 0 Å². The average molecular weight is 367 g/mol. The molecule has 1 aromatic rings. The van der Waals surface area contributed by atoms with Crippen LogP contribution in [0, 0.1) is 5.92 Å². The highest BCUT2D eigenvalue weighted by Crippen LogP contribution is 2.63. The first kappa shape index (κ1) is 16.1. The van der Waals surface area contributed by atoms with Gasteiger partial charge in [0, 0.05) is 18.2 Å². The number of ketones is 1. The van der Waals surface area contributed by atoms with Gasteiger partial charge in [-0.05, 0) is 61.9 Å². The van der Waals surface area contributed by atoms with Crippen molar-refractivity contribution < 1.29 is 19.4 Å². The Bertz CT molecular complexity index is 875. The largest absolute Gasteiger partial charge is 0.493 e. The summed E-state index contributed by atoms with van der Waals surface area (Å²) in [6, 6.07) is 4.04. The molecule has 1 saturated carbocycles. The van der Waals surface area contributed by atoms with E-state index in [1.807, 2.05) is 6.07 Å². The highest BCUT2D eigenvalue weighted by Gasteiger charge is 2.72. The fourth-order valence-electron chi connectivity index (χ4n) is 6.38. The molecule has 0 unspecified atom stereocenters. The topological polar surface area (TPSA) is 59.0 Å². The molecule has 6 rings (SSSR count). The van der Waals surface area contributed by atoms with E-state index in [1.54, 1.807) is 19.3 Å². The SMILES string of the molecule is COc1ccc2c3c1O[C@H]1C(=O)C=C[C@@]4(O)[C@@H](C2)N(CC2CCC2)CC[C@]314. The Morgan fingerprint density at radius 3 is 2.96 bits per heavy atom. The maximum Gasteiger partial charge on any atom is 0.196 e. The van der Waals surface area contributed by atoms with E-state index in [9.17, 15) is 9.90 Å². The molecule has 4 atom stereocenters. The van der Waals surface area contributed by atoms with E-state index in [2.05, 4.69) is 11.0 Å². The molecule has 5 aliphatic rings. The van der Waals surface area contributed by atoms with Crippen LogP contribution in [0.2, 0.25) is 0 Å². The van der Waals surface area contributed by atoms with E-state index in [0.717, 1.165) is 37.4 Å². The molecule has 1 N–H and O–H groups in total. The Morgan fingerprint density at radius 2 is 2.22 bits per heavy atom. The van der Waals surface area contributed by atoms with Gasteiger partial charge in [0.25, 0.3) is 0 Å². The summed E-state index contributed by atoms with van der Waals surface area (Å²) >= 11 is 0. The number of carbonyl (C=O) groups excluding carboxylic acids is 1. The fourth-order valence-corrected chi connectivity index (χ4v) is 6.38. The van der Waals surface area contributed by atoms with Gasteiger partial charge in [-0.1, -0.05) is 12.5 Å². The number of piperidine rings is 1. The van der Waals surface area contributed by atoms with Crippen LogP contribution in [0.3, 0.4) is 0 Å². The predicted molar refractivity (Wildman–Crippen MR) is 99.2 cm³/mol. The minimum atomic E-state index is -1.07. The molecule has 0 amide bonds. The summed E-state index contributed by atoms with van der Waals surface area (Å²) in [5.74, 6) is 2.03. The molecule has 27 heavy (non-hydrogen) atoms. The molecular weight excluding hydrogens is 342 g/mol. The van der Waals surface area contributed by atoms with Crippen LogP contribution in [-0.4, -0.2) is 53.7 Å². The Kier molecular flexibility index (Phi) is 3.08. The summed E-state index contributed by atoms with van der Waals surface area (Å²) in [5.41, 5.74) is 0.464. The van der Waals surface area contributed by atoms with Crippen LogP contribution in [0.25, 0.3) is 0 Å². The van der Waals surface area contributed by atoms with Crippen LogP contribution in [0.15, 0.2) is 24.3 Å². The van der Waals surface area contributed by atoms with Crippen molar-refractivity contribution in [3.05, 3.63) is 35.4 Å². The maximum atomic E-state index is 12.8. The number of likely N-dealkylation sites (tertiary alicyclic amines) is 1. The monoisotopic (exact) mass is 367 g/mol. The van der Waals surface area contributed by atoms with E-state index in [0.29, 0.717) is 11.5 Å². The highest BCUT2D eigenvalue weighted by atomic mass is 16.5. The molecule has 1 spiro atoms. The number of hydrogen-bond acceptors (Lipinski definition) is 5. The van der Waals surface area contributed by atoms with E-state index < -0.39 is 17.1 Å². The summed E-state index contributed by atoms with van der Waals surface area (Å²) in [5, 5.41) is 12.1. The average Bonchev–Trinajstić information content (AvgIpc) is 2.98. The van der Waals surface area contributed by atoms with Crippen LogP contribution in [-0.2, 0) is 16.6 Å². The van der Waals surface area contributed by atoms with Gasteiger partial charge >= 0.3 is 0 Å². The Labute approximate surface area is 158 Å². The summed E-state index contributed by atoms with van der Waals surface area (Å²) in [7, 11) is 1.63. The van der Waals surface area contributed by atoms with Gasteiger partial charge in [-0.2, -0.15) is 0 Å². The number of aliphatic hydroxyl groups is 1. The molecule has 2 heterocycles. The summed E-state index contributed by atoms with van der Waals surface area (Å²) in [6.07, 6.45) is 8.12. The number of hydrogen-bond donors (Lipinski definition) is 1. The number of rotatable bonds is 3. The second-order valence-corrected chi connectivity index (χ2v) is 8.92. The second-order valence-electron chi connectivity index (χ2n) is 8.92. The van der Waals surface area contributed by atoms with Gasteiger partial charge in [0.2, 0.25) is 0 Å². The number of ether oxygens (including phenoxy) is 2. The first-order chi connectivity index (χ1) is 13.1. The van der Waals surface area contributed by atoms with E-state index >= 15 is 0 Å². The van der Waals surface area contributed by atoms with Crippen LogP contribution in [0.5, 0.6) is 11.5 Å². The first-order valence-electron chi connectivity index (χ1n) is 10.1. The quantitative estimate of drug-likeness (QED) is 0.886. The minimum Gasteiger partial charge on any atom is -0.493 e. The molecule has 142 valence electrons. The van der Waals surface area contributed by atoms with Crippen LogP contribution < -0.4 is 9.47 Å². The molecule has 1 aromatic carbocycles. The number of benzene rings is 1. The molecular formula is C22H25NO4. The summed E-state index contributed by atoms with van der Waals surface area (Å²) < 4.78 is 11.7. The Balaban J connectivity index is 1.55. The van der Waals surface area contributed by atoms with Gasteiger partial charge in [-0.25, -0.2) is 0 Å². The van der Waals surface area contributed by atoms with Crippen molar-refractivity contribution in [2.24, 2.45) is 5.92 Å². The molecule has 2 aliphatic heterocycles. The summed E-state index contributed by atoms with van der Waals surface area (Å²) in [4.78, 5) is 15.3. The zero-order chi connectivity index (χ0) is 18.4. The van der Waals surface area contributed by atoms with Crippen LogP contribution >= 0.6 is 0 Å². The van der Waals surface area contributed by atoms with Gasteiger partial charge in [0.15, 0.2) is 23.4 Å². The zero-order valence-corrected chi connectivity index (χ0v) is 15.6. The third kappa shape index (κ3) is 1.76. The second kappa shape index (κ2) is 5.15. The fraction of sp³-hybridized carbons (Fsp3) is 0.591. The van der Waals surface area contributed by atoms with Crippen molar-refractivity contribution in [1.82, 2.24) is 4.90 Å². The number of nitrogens with zero attached hydrogens (tertiary/aromatic N) is 1. The van der Waals surface area contributed by atoms with Crippen LogP contribution in [0.1, 0.15) is 36.8 Å². The molecule has 2 fully saturated rings. The van der Waals surface area contributed by atoms with E-state index in [4.69, 9.17) is 9.47 Å². The minimum absolute atomic E-state index is 0.00542. The Morgan fingerprint density at radius 1 is 1.37 bits per heavy atom. The Hall–Kier alpha value is -1.85. The third-order valence-electron chi connectivity index (χ3n) is 7.90. The first-order valence-corrected chi connectivity index (χ1v) is 10.1. The number of carbonyl (C=O) groups is 1. The zero-order valence-electron chi connectivity index (χ0n) is 15.6. The van der Waals surface area contributed by atoms with Gasteiger partial charge in [-0.3, -0.25) is 9.69 Å². The van der Waals surface area contributed by atoms with Crippen molar-refractivity contribution in [2.75, 3.05) is 20.2 Å². The van der Waals surface area contributed by atoms with Crippen LogP contribution in [0.4, 0.5) is 0 Å². The smallest absolute Gasteiger partial charge is 0.196 e. The maximum absolute atomic E-state index is 12.8. The molecule has 1 saturated heterocycles. The van der Waals surface area contributed by atoms with Crippen molar-refractivity contribution in [1.29, 1.82) is 0 Å². The lowest BCUT2D eigenvalue weighted by Gasteiger charge is -2.61. The molecule has 5 nitrogen and oxygen atoms in total. The van der Waals surface area contributed by atoms with Crippen molar-refractivity contribution >= 4 is 5.78 Å². The van der Waals surface area contributed by atoms with Gasteiger partial charge < -0.3 is 14.6 Å². The lowest BCUT2D eigenvalue weighted by molar-refractivity contribution is -0.156. The van der Waals surface area contributed by atoms with E-state index in [1.165, 1.54) is 24.8 Å². The molecule has 0 radical (unpaired) electrons. The molecule has 5 heteroatoms.